The Bertz CT molecular complexity index is 653. The molecule has 0 saturated heterocycles. The average Bonchev–Trinajstić information content (AvgIpc) is 2.79. The summed E-state index contributed by atoms with van der Waals surface area (Å²) in [6, 6.07) is 1.99. The highest BCUT2D eigenvalue weighted by Gasteiger charge is 2.10. The number of rotatable bonds is 5. The van der Waals surface area contributed by atoms with E-state index in [4.69, 9.17) is 11.6 Å². The predicted octanol–water partition coefficient (Wildman–Crippen LogP) is 3.99. The van der Waals surface area contributed by atoms with Crippen molar-refractivity contribution >= 4 is 44.6 Å². The van der Waals surface area contributed by atoms with E-state index in [0.29, 0.717) is 24.7 Å². The number of hydrogen-bond donors (Lipinski definition) is 1. The average molecular weight is 377 g/mol. The van der Waals surface area contributed by atoms with Crippen molar-refractivity contribution in [3.05, 3.63) is 42.4 Å². The molecule has 0 amide bonds. The molecule has 0 atom stereocenters. The van der Waals surface area contributed by atoms with Gasteiger partial charge in [0.15, 0.2) is 0 Å². The second-order valence-corrected chi connectivity index (χ2v) is 7.03. The van der Waals surface area contributed by atoms with Crippen molar-refractivity contribution in [3.63, 3.8) is 0 Å². The smallest absolute Gasteiger partial charge is 0.287 e. The first-order chi connectivity index (χ1) is 9.49. The van der Waals surface area contributed by atoms with E-state index < -0.39 is 0 Å². The molecule has 0 unspecified atom stereocenters. The number of nitrogens with one attached hydrogen (secondary N) is 1. The van der Waals surface area contributed by atoms with Gasteiger partial charge in [-0.2, -0.15) is 5.10 Å². The monoisotopic (exact) mass is 375 g/mol. The highest BCUT2D eigenvalue weighted by Crippen LogP contribution is 2.24. The number of halogens is 2. The molecule has 4 nitrogen and oxygen atoms in total. The van der Waals surface area contributed by atoms with Crippen LogP contribution in [-0.2, 0) is 13.1 Å². The van der Waals surface area contributed by atoms with Crippen molar-refractivity contribution in [1.29, 1.82) is 0 Å². The Morgan fingerprint density at radius 3 is 2.90 bits per heavy atom. The summed E-state index contributed by atoms with van der Waals surface area (Å²) in [7, 11) is 0. The van der Waals surface area contributed by atoms with Crippen LogP contribution in [0.15, 0.2) is 26.9 Å². The van der Waals surface area contributed by atoms with Gasteiger partial charge in [-0.05, 0) is 33.3 Å². The molecule has 0 radical (unpaired) electrons. The third-order valence-corrected chi connectivity index (χ3v) is 4.95. The topological polar surface area (TPSA) is 46.9 Å². The molecule has 108 valence electrons. The van der Waals surface area contributed by atoms with Gasteiger partial charge in [0.1, 0.15) is 5.02 Å². The quantitative estimate of drug-likeness (QED) is 0.858. The molecular formula is C13H15BrClN3OS. The Morgan fingerprint density at radius 1 is 1.55 bits per heavy atom. The molecule has 0 spiro atoms. The Balaban J connectivity index is 2.15. The highest BCUT2D eigenvalue weighted by molar-refractivity contribution is 9.10. The van der Waals surface area contributed by atoms with Crippen molar-refractivity contribution in [3.8, 4) is 0 Å². The van der Waals surface area contributed by atoms with E-state index in [-0.39, 0.29) is 10.6 Å². The first kappa shape index (κ1) is 15.5. The second-order valence-electron chi connectivity index (χ2n) is 4.80. The van der Waals surface area contributed by atoms with Gasteiger partial charge >= 0.3 is 0 Å². The third kappa shape index (κ3) is 3.62. The van der Waals surface area contributed by atoms with Crippen LogP contribution in [0.3, 0.4) is 0 Å². The van der Waals surface area contributed by atoms with Crippen LogP contribution in [0.4, 0.5) is 5.69 Å². The summed E-state index contributed by atoms with van der Waals surface area (Å²) in [5.41, 5.74) is 0.313. The molecule has 1 N–H and O–H groups in total. The molecule has 0 aliphatic heterocycles. The highest BCUT2D eigenvalue weighted by atomic mass is 79.9. The molecule has 2 aromatic rings. The van der Waals surface area contributed by atoms with E-state index in [1.807, 2.05) is 25.3 Å². The standard InChI is InChI=1S/C13H15BrClN3OS/c1-8(2)7-18-13(19)12(15)10(5-17-18)16-6-11-9(14)3-4-20-11/h3-5,8,16H,6-7H2,1-2H3. The normalized spacial score (nSPS) is 11.1. The zero-order valence-corrected chi connectivity index (χ0v) is 14.3. The summed E-state index contributed by atoms with van der Waals surface area (Å²) < 4.78 is 2.45. The van der Waals surface area contributed by atoms with E-state index in [1.165, 1.54) is 4.68 Å². The molecule has 20 heavy (non-hydrogen) atoms. The van der Waals surface area contributed by atoms with E-state index in [9.17, 15) is 4.79 Å². The maximum absolute atomic E-state index is 12.1. The van der Waals surface area contributed by atoms with E-state index >= 15 is 0 Å². The first-order valence-electron chi connectivity index (χ1n) is 6.20. The van der Waals surface area contributed by atoms with Crippen molar-refractivity contribution in [2.45, 2.75) is 26.9 Å². The Labute approximate surface area is 134 Å². The minimum absolute atomic E-state index is 0.188. The van der Waals surface area contributed by atoms with Crippen LogP contribution in [0.5, 0.6) is 0 Å². The predicted molar refractivity (Wildman–Crippen MR) is 87.7 cm³/mol. The number of aromatic nitrogens is 2. The summed E-state index contributed by atoms with van der Waals surface area (Å²) in [5.74, 6) is 0.345. The van der Waals surface area contributed by atoms with Crippen LogP contribution >= 0.6 is 38.9 Å². The van der Waals surface area contributed by atoms with Gasteiger partial charge in [-0.3, -0.25) is 4.79 Å². The molecule has 0 saturated carbocycles. The molecule has 0 aliphatic rings. The number of nitrogens with zero attached hydrogens (tertiary/aromatic N) is 2. The van der Waals surface area contributed by atoms with Gasteiger partial charge in [-0.25, -0.2) is 4.68 Å². The maximum atomic E-state index is 12.1. The Hall–Kier alpha value is -0.850. The van der Waals surface area contributed by atoms with Crippen LogP contribution in [-0.4, -0.2) is 9.78 Å². The molecule has 2 heterocycles. The van der Waals surface area contributed by atoms with Crippen molar-refractivity contribution in [2.24, 2.45) is 5.92 Å². The van der Waals surface area contributed by atoms with Crippen LogP contribution < -0.4 is 10.9 Å². The van der Waals surface area contributed by atoms with Gasteiger partial charge in [-0.15, -0.1) is 11.3 Å². The molecule has 0 fully saturated rings. The van der Waals surface area contributed by atoms with Crippen molar-refractivity contribution in [2.75, 3.05) is 5.32 Å². The van der Waals surface area contributed by atoms with E-state index in [2.05, 4.69) is 26.3 Å². The van der Waals surface area contributed by atoms with Crippen LogP contribution in [0.1, 0.15) is 18.7 Å². The van der Waals surface area contributed by atoms with Gasteiger partial charge in [0.2, 0.25) is 0 Å². The van der Waals surface area contributed by atoms with Crippen LogP contribution in [0.2, 0.25) is 5.02 Å². The van der Waals surface area contributed by atoms with Crippen molar-refractivity contribution in [1.82, 2.24) is 9.78 Å². The lowest BCUT2D eigenvalue weighted by atomic mass is 10.2. The van der Waals surface area contributed by atoms with Gasteiger partial charge in [0.25, 0.3) is 5.56 Å². The molecule has 0 aromatic carbocycles. The largest absolute Gasteiger partial charge is 0.377 e. The molecule has 2 rings (SSSR count). The molecule has 0 bridgehead atoms. The lowest BCUT2D eigenvalue weighted by Crippen LogP contribution is -2.26. The fourth-order valence-electron chi connectivity index (χ4n) is 1.69. The molecule has 2 aromatic heterocycles. The first-order valence-corrected chi connectivity index (χ1v) is 8.25. The maximum Gasteiger partial charge on any atom is 0.287 e. The second kappa shape index (κ2) is 6.74. The summed E-state index contributed by atoms with van der Waals surface area (Å²) in [5, 5.41) is 9.49. The van der Waals surface area contributed by atoms with E-state index in [1.54, 1.807) is 17.5 Å². The van der Waals surface area contributed by atoms with Gasteiger partial charge in [0.05, 0.1) is 18.4 Å². The molecule has 7 heteroatoms. The lowest BCUT2D eigenvalue weighted by Gasteiger charge is -2.11. The Morgan fingerprint density at radius 2 is 2.30 bits per heavy atom. The fourth-order valence-corrected chi connectivity index (χ4v) is 3.34. The van der Waals surface area contributed by atoms with Crippen LogP contribution in [0.25, 0.3) is 0 Å². The van der Waals surface area contributed by atoms with Gasteiger partial charge in [0, 0.05) is 15.9 Å². The third-order valence-electron chi connectivity index (χ3n) is 2.65. The zero-order chi connectivity index (χ0) is 14.7. The summed E-state index contributed by atoms with van der Waals surface area (Å²) in [6.07, 6.45) is 1.60. The van der Waals surface area contributed by atoms with Gasteiger partial charge < -0.3 is 5.32 Å². The molecule has 0 aliphatic carbocycles. The van der Waals surface area contributed by atoms with Gasteiger partial charge in [-0.1, -0.05) is 25.4 Å². The lowest BCUT2D eigenvalue weighted by molar-refractivity contribution is 0.464. The van der Waals surface area contributed by atoms with Crippen molar-refractivity contribution < 1.29 is 0 Å². The SMILES string of the molecule is CC(C)Cn1ncc(NCc2sccc2Br)c(Cl)c1=O. The fraction of sp³-hybridized carbons (Fsp3) is 0.385. The summed E-state index contributed by atoms with van der Waals surface area (Å²) >= 11 is 11.2. The minimum Gasteiger partial charge on any atom is -0.377 e. The summed E-state index contributed by atoms with van der Waals surface area (Å²) in [6.45, 7) is 5.23. The number of hydrogen-bond acceptors (Lipinski definition) is 4. The van der Waals surface area contributed by atoms with E-state index in [0.717, 1.165) is 9.35 Å². The number of thiophene rings is 1. The molecular weight excluding hydrogens is 362 g/mol. The Kier molecular flexibility index (Phi) is 5.23. The van der Waals surface area contributed by atoms with Crippen LogP contribution in [0, 0.1) is 5.92 Å². The zero-order valence-electron chi connectivity index (χ0n) is 11.2. The minimum atomic E-state index is -0.254. The number of anilines is 1. The summed E-state index contributed by atoms with van der Waals surface area (Å²) in [4.78, 5) is 13.2.